The number of carbonyl (C=O) groups is 3. The van der Waals surface area contributed by atoms with E-state index >= 15 is 0 Å². The number of fused-ring (bicyclic) bond motifs is 2. The van der Waals surface area contributed by atoms with Crippen molar-refractivity contribution in [2.45, 2.75) is 32.7 Å². The van der Waals surface area contributed by atoms with Crippen LogP contribution < -0.4 is 10.3 Å². The molecule has 186 valence electrons. The number of allylic oxidation sites excluding steroid dienone is 1. The number of Topliss-reactive ketones (excluding diaryl/α,β-unsaturated/α-hetero) is 2. The summed E-state index contributed by atoms with van der Waals surface area (Å²) in [7, 11) is 2.72. The average Bonchev–Trinajstić information content (AvgIpc) is 2.87. The van der Waals surface area contributed by atoms with Crippen LogP contribution in [0.15, 0.2) is 58.9 Å². The number of esters is 1. The van der Waals surface area contributed by atoms with Crippen molar-refractivity contribution in [2.24, 2.45) is 5.92 Å². The highest BCUT2D eigenvalue weighted by Gasteiger charge is 2.39. The summed E-state index contributed by atoms with van der Waals surface area (Å²) in [6, 6.07) is 13.1. The fourth-order valence-electron chi connectivity index (χ4n) is 4.64. The van der Waals surface area contributed by atoms with E-state index in [1.54, 1.807) is 41.0 Å². The van der Waals surface area contributed by atoms with Crippen molar-refractivity contribution in [2.75, 3.05) is 14.2 Å². The first kappa shape index (κ1) is 24.9. The second-order valence-corrected chi connectivity index (χ2v) is 9.13. The molecule has 0 saturated carbocycles. The third-order valence-corrected chi connectivity index (χ3v) is 6.33. The Balaban J connectivity index is 2.05. The number of benzene rings is 2. The molecule has 8 heteroatoms. The van der Waals surface area contributed by atoms with Crippen LogP contribution in [0.5, 0.6) is 5.75 Å². The molecule has 1 aliphatic rings. The second kappa shape index (κ2) is 9.81. The first-order valence-electron chi connectivity index (χ1n) is 11.6. The lowest BCUT2D eigenvalue weighted by molar-refractivity contribution is -0.140. The van der Waals surface area contributed by atoms with Crippen molar-refractivity contribution in [3.05, 3.63) is 81.1 Å². The molecule has 0 unspecified atom stereocenters. The molecule has 0 spiro atoms. The highest BCUT2D eigenvalue weighted by Crippen LogP contribution is 2.38. The lowest BCUT2D eigenvalue weighted by atomic mass is 9.78. The van der Waals surface area contributed by atoms with E-state index in [4.69, 9.17) is 9.47 Å². The largest absolute Gasteiger partial charge is 0.507 e. The predicted octanol–water partition coefficient (Wildman–Crippen LogP) is 4.05. The normalized spacial score (nSPS) is 14.2. The van der Waals surface area contributed by atoms with Crippen LogP contribution in [-0.2, 0) is 20.9 Å². The Morgan fingerprint density at radius 3 is 2.31 bits per heavy atom. The number of nitrogens with zero attached hydrogens (tertiary/aromatic N) is 1. The highest BCUT2D eigenvalue weighted by atomic mass is 16.5. The molecule has 0 saturated heterocycles. The molecule has 1 aliphatic carbocycles. The molecule has 1 atom stereocenters. The van der Waals surface area contributed by atoms with Crippen LogP contribution in [0.3, 0.4) is 0 Å². The van der Waals surface area contributed by atoms with E-state index in [1.165, 1.54) is 26.4 Å². The molecule has 4 rings (SSSR count). The minimum atomic E-state index is -1.20. The quantitative estimate of drug-likeness (QED) is 0.394. The molecule has 1 aromatic heterocycles. The van der Waals surface area contributed by atoms with Gasteiger partial charge < -0.3 is 19.1 Å². The molecule has 1 N–H and O–H groups in total. The lowest BCUT2D eigenvalue weighted by Gasteiger charge is -2.25. The van der Waals surface area contributed by atoms with Gasteiger partial charge in [0.05, 0.1) is 31.7 Å². The average molecular weight is 490 g/mol. The summed E-state index contributed by atoms with van der Waals surface area (Å²) < 4.78 is 11.8. The molecule has 8 nitrogen and oxygen atoms in total. The molecular weight excluding hydrogens is 462 g/mol. The number of methoxy groups -OCH3 is 2. The van der Waals surface area contributed by atoms with Gasteiger partial charge in [0.25, 0.3) is 5.56 Å². The predicted molar refractivity (Wildman–Crippen MR) is 134 cm³/mol. The van der Waals surface area contributed by atoms with E-state index in [0.717, 1.165) is 0 Å². The maximum Gasteiger partial charge on any atom is 0.306 e. The number of carbonyl (C=O) groups excluding carboxylic acids is 3. The topological polar surface area (TPSA) is 112 Å². The number of hydrogen-bond acceptors (Lipinski definition) is 7. The molecule has 36 heavy (non-hydrogen) atoms. The SMILES string of the molecule is COC(=O)C[C@@H](C1=C(O)c2ccccc2C(=O)C1=O)c1cc2cc(OC)ccc2n(CC(C)C)c1=O. The van der Waals surface area contributed by atoms with Crippen molar-refractivity contribution >= 4 is 34.2 Å². The molecule has 3 aromatic rings. The van der Waals surface area contributed by atoms with Gasteiger partial charge in [0.15, 0.2) is 0 Å². The minimum Gasteiger partial charge on any atom is -0.507 e. The van der Waals surface area contributed by atoms with Crippen molar-refractivity contribution in [3.8, 4) is 5.75 Å². The van der Waals surface area contributed by atoms with Gasteiger partial charge in [-0.2, -0.15) is 0 Å². The number of pyridine rings is 1. The minimum absolute atomic E-state index is 0.0704. The van der Waals surface area contributed by atoms with Crippen LogP contribution in [0.2, 0.25) is 0 Å². The summed E-state index contributed by atoms with van der Waals surface area (Å²) in [5, 5.41) is 11.8. The lowest BCUT2D eigenvalue weighted by Crippen LogP contribution is -2.33. The molecule has 0 radical (unpaired) electrons. The zero-order chi connectivity index (χ0) is 26.1. The number of ketones is 2. The highest BCUT2D eigenvalue weighted by molar-refractivity contribution is 6.52. The summed E-state index contributed by atoms with van der Waals surface area (Å²) in [6.45, 7) is 4.31. The Kier molecular flexibility index (Phi) is 6.79. The summed E-state index contributed by atoms with van der Waals surface area (Å²) >= 11 is 0. The van der Waals surface area contributed by atoms with Gasteiger partial charge in [0.2, 0.25) is 11.6 Å². The first-order valence-corrected chi connectivity index (χ1v) is 11.6. The van der Waals surface area contributed by atoms with Gasteiger partial charge in [-0.15, -0.1) is 0 Å². The monoisotopic (exact) mass is 489 g/mol. The number of hydrogen-bond donors (Lipinski definition) is 1. The molecule has 0 fully saturated rings. The number of ether oxygens (including phenoxy) is 2. The molecule has 0 aliphatic heterocycles. The standard InChI is InChI=1S/C28H27NO7/c1-15(2)14-29-22-10-9-17(35-3)11-16(22)12-21(28(29)34)20(13-23(30)36-4)24-25(31)18-7-5-6-8-19(18)26(32)27(24)33/h5-12,15,20,31H,13-14H2,1-4H3/t20-/m1/s1. The fourth-order valence-corrected chi connectivity index (χ4v) is 4.64. The molecule has 0 amide bonds. The number of aliphatic hydroxyl groups excluding tert-OH is 1. The molecule has 0 bridgehead atoms. The number of aliphatic hydroxyl groups is 1. The smallest absolute Gasteiger partial charge is 0.306 e. The Hall–Kier alpha value is -4.20. The summed E-state index contributed by atoms with van der Waals surface area (Å²) in [4.78, 5) is 52.5. The van der Waals surface area contributed by atoms with Crippen molar-refractivity contribution < 1.29 is 29.0 Å². The van der Waals surface area contributed by atoms with Gasteiger partial charge in [-0.1, -0.05) is 38.1 Å². The summed E-state index contributed by atoms with van der Waals surface area (Å²) in [5.74, 6) is -3.42. The third kappa shape index (κ3) is 4.30. The molecular formula is C28H27NO7. The fraction of sp³-hybridized carbons (Fsp3) is 0.286. The van der Waals surface area contributed by atoms with E-state index in [9.17, 15) is 24.3 Å². The second-order valence-electron chi connectivity index (χ2n) is 9.13. The first-order chi connectivity index (χ1) is 17.2. The van der Waals surface area contributed by atoms with Crippen molar-refractivity contribution in [1.82, 2.24) is 4.57 Å². The van der Waals surface area contributed by atoms with Gasteiger partial charge in [0, 0.05) is 34.5 Å². The van der Waals surface area contributed by atoms with Crippen molar-refractivity contribution in [3.63, 3.8) is 0 Å². The van der Waals surface area contributed by atoms with Crippen LogP contribution in [0.4, 0.5) is 0 Å². The van der Waals surface area contributed by atoms with Gasteiger partial charge in [0.1, 0.15) is 11.5 Å². The Labute approximate surface area is 207 Å². The van der Waals surface area contributed by atoms with Crippen molar-refractivity contribution in [1.29, 1.82) is 0 Å². The zero-order valence-electron chi connectivity index (χ0n) is 20.5. The summed E-state index contributed by atoms with van der Waals surface area (Å²) in [5.41, 5.74) is 0.292. The van der Waals surface area contributed by atoms with E-state index < -0.39 is 41.2 Å². The van der Waals surface area contributed by atoms with E-state index in [1.807, 2.05) is 13.8 Å². The van der Waals surface area contributed by atoms with E-state index in [-0.39, 0.29) is 28.2 Å². The van der Waals surface area contributed by atoms with Crippen LogP contribution >= 0.6 is 0 Å². The van der Waals surface area contributed by atoms with Crippen LogP contribution in [0.25, 0.3) is 16.7 Å². The van der Waals surface area contributed by atoms with E-state index in [0.29, 0.717) is 23.2 Å². The third-order valence-electron chi connectivity index (χ3n) is 6.33. The molecule has 1 heterocycles. The Morgan fingerprint density at radius 2 is 1.67 bits per heavy atom. The van der Waals surface area contributed by atoms with Crippen LogP contribution in [0, 0.1) is 5.92 Å². The van der Waals surface area contributed by atoms with E-state index in [2.05, 4.69) is 0 Å². The Morgan fingerprint density at radius 1 is 0.972 bits per heavy atom. The maximum absolute atomic E-state index is 13.8. The van der Waals surface area contributed by atoms with Gasteiger partial charge >= 0.3 is 5.97 Å². The Bertz CT molecular complexity index is 1480. The van der Waals surface area contributed by atoms with Crippen LogP contribution in [-0.4, -0.2) is 41.4 Å². The van der Waals surface area contributed by atoms with Gasteiger partial charge in [-0.05, 0) is 30.2 Å². The number of aromatic nitrogens is 1. The zero-order valence-corrected chi connectivity index (χ0v) is 20.5. The summed E-state index contributed by atoms with van der Waals surface area (Å²) in [6.07, 6.45) is -0.413. The van der Waals surface area contributed by atoms with Crippen LogP contribution in [0.1, 0.15) is 47.7 Å². The number of rotatable bonds is 7. The van der Waals surface area contributed by atoms with Gasteiger partial charge in [-0.3, -0.25) is 19.2 Å². The maximum atomic E-state index is 13.8. The van der Waals surface area contributed by atoms with Gasteiger partial charge in [-0.25, -0.2) is 0 Å². The molecule has 2 aromatic carbocycles.